The Morgan fingerprint density at radius 2 is 1.12 bits per heavy atom. The molecule has 0 aliphatic heterocycles. The van der Waals surface area contributed by atoms with Crippen LogP contribution in [0.2, 0.25) is 0 Å². The molecule has 0 spiro atoms. The number of hydrogen-bond acceptors (Lipinski definition) is 7. The molecule has 0 saturated heterocycles. The minimum absolute atomic E-state index is 0. The topological polar surface area (TPSA) is 72.5 Å². The molecule has 1 atom stereocenters. The van der Waals surface area contributed by atoms with Crippen molar-refractivity contribution in [1.29, 1.82) is 0 Å². The molecule has 0 saturated carbocycles. The zero-order valence-electron chi connectivity index (χ0n) is 24.9. The second-order valence-electron chi connectivity index (χ2n) is 8.11. The van der Waals surface area contributed by atoms with Crippen LogP contribution in [0.4, 0.5) is 26.3 Å². The number of alkyl halides is 6. The van der Waals surface area contributed by atoms with Crippen molar-refractivity contribution in [1.82, 2.24) is 0 Å². The Kier molecular flexibility index (Phi) is 16.9. The van der Waals surface area contributed by atoms with Gasteiger partial charge in [-0.15, -0.1) is 0 Å². The fourth-order valence-corrected chi connectivity index (χ4v) is 4.67. The molecule has 232 valence electrons. The van der Waals surface area contributed by atoms with Crippen LogP contribution in [-0.4, -0.2) is 65.0 Å². The predicted molar refractivity (Wildman–Crippen MR) is 142 cm³/mol. The van der Waals surface area contributed by atoms with E-state index < -0.39 is 43.1 Å². The Morgan fingerprint density at radius 3 is 1.50 bits per heavy atom. The van der Waals surface area contributed by atoms with Crippen molar-refractivity contribution >= 4 is 19.4 Å². The summed E-state index contributed by atoms with van der Waals surface area (Å²) in [5, 5.41) is -0.0229. The standard InChI is InChI=1S/C27H33F6O7P.Li.H/c1-4-35-10-13-38-18-16-21(39-14-11-36-5-2)24(22(17-18)40-15-12-37-6-3)41-25(34)23-19(26(28,29)30)8-7-9-20(23)27(31,32)33;;/h7-9,16-17,41H,4-6,10-15H2,1-3H3;;/q;+1;-1. The molecule has 0 amide bonds. The van der Waals surface area contributed by atoms with Crippen LogP contribution in [0.1, 0.15) is 43.7 Å². The fourth-order valence-electron chi connectivity index (χ4n) is 3.52. The molecular weight excluding hydrogens is 588 g/mol. The van der Waals surface area contributed by atoms with Gasteiger partial charge in [-0.05, 0) is 41.5 Å². The van der Waals surface area contributed by atoms with E-state index in [1.807, 2.05) is 6.92 Å². The van der Waals surface area contributed by atoms with Crippen molar-refractivity contribution in [3.63, 3.8) is 0 Å². The summed E-state index contributed by atoms with van der Waals surface area (Å²) in [4.78, 5) is 13.3. The Balaban J connectivity index is 0.00000882. The van der Waals surface area contributed by atoms with E-state index in [9.17, 15) is 31.1 Å². The van der Waals surface area contributed by atoms with Crippen LogP contribution in [0, 0.1) is 0 Å². The minimum Gasteiger partial charge on any atom is -1.00 e. The number of rotatable bonds is 18. The van der Waals surface area contributed by atoms with Gasteiger partial charge >= 0.3 is 31.2 Å². The maximum atomic E-state index is 13.8. The summed E-state index contributed by atoms with van der Waals surface area (Å²) in [7, 11) is -1.22. The third-order valence-corrected chi connectivity index (χ3v) is 6.48. The van der Waals surface area contributed by atoms with Crippen molar-refractivity contribution in [3.8, 4) is 17.2 Å². The molecule has 0 aliphatic carbocycles. The molecule has 2 aromatic rings. The van der Waals surface area contributed by atoms with E-state index in [1.54, 1.807) is 13.8 Å². The molecule has 2 aromatic carbocycles. The van der Waals surface area contributed by atoms with Crippen LogP contribution in [0.15, 0.2) is 30.3 Å². The van der Waals surface area contributed by atoms with Crippen molar-refractivity contribution in [3.05, 3.63) is 47.0 Å². The molecule has 7 nitrogen and oxygen atoms in total. The molecule has 1 unspecified atom stereocenters. The normalized spacial score (nSPS) is 11.9. The zero-order valence-corrected chi connectivity index (χ0v) is 24.9. The van der Waals surface area contributed by atoms with Gasteiger partial charge in [0.15, 0.2) is 5.52 Å². The molecule has 0 bridgehead atoms. The molecule has 0 fully saturated rings. The number of benzene rings is 2. The summed E-state index contributed by atoms with van der Waals surface area (Å²) in [6.45, 7) is 7.20. The Labute approximate surface area is 255 Å². The summed E-state index contributed by atoms with van der Waals surface area (Å²) in [5.74, 6) is 0.222. The average Bonchev–Trinajstić information content (AvgIpc) is 2.91. The van der Waals surface area contributed by atoms with Crippen molar-refractivity contribution < 1.29 is 79.8 Å². The first-order valence-electron chi connectivity index (χ1n) is 12.8. The quantitative estimate of drug-likeness (QED) is 0.110. The van der Waals surface area contributed by atoms with Gasteiger partial charge in [0.25, 0.3) is 0 Å². The van der Waals surface area contributed by atoms with Gasteiger partial charge in [0, 0.05) is 37.5 Å². The molecule has 2 rings (SSSR count). The van der Waals surface area contributed by atoms with Crippen LogP contribution < -0.4 is 38.4 Å². The molecule has 0 N–H and O–H groups in total. The van der Waals surface area contributed by atoms with Gasteiger partial charge in [-0.3, -0.25) is 4.79 Å². The van der Waals surface area contributed by atoms with E-state index in [4.69, 9.17) is 28.4 Å². The maximum absolute atomic E-state index is 13.8. The first-order chi connectivity index (χ1) is 19.4. The Morgan fingerprint density at radius 1 is 0.714 bits per heavy atom. The molecular formula is C27H34F6LiO7P. The number of hydrogen-bond donors (Lipinski definition) is 0. The van der Waals surface area contributed by atoms with Crippen LogP contribution in [0.5, 0.6) is 17.2 Å². The van der Waals surface area contributed by atoms with Gasteiger partial charge in [-0.2, -0.15) is 26.3 Å². The minimum atomic E-state index is -5.21. The Bertz CT molecular complexity index is 1060. The summed E-state index contributed by atoms with van der Waals surface area (Å²) < 4.78 is 116. The summed E-state index contributed by atoms with van der Waals surface area (Å²) >= 11 is 0. The monoisotopic (exact) mass is 622 g/mol. The average molecular weight is 622 g/mol. The van der Waals surface area contributed by atoms with Gasteiger partial charge < -0.3 is 29.8 Å². The third kappa shape index (κ3) is 11.9. The smallest absolute Gasteiger partial charge is 1.00 e. The van der Waals surface area contributed by atoms with E-state index in [1.165, 1.54) is 12.1 Å². The van der Waals surface area contributed by atoms with E-state index in [0.29, 0.717) is 38.0 Å². The molecule has 42 heavy (non-hydrogen) atoms. The van der Waals surface area contributed by atoms with Crippen molar-refractivity contribution in [2.75, 3.05) is 59.5 Å². The van der Waals surface area contributed by atoms with Crippen LogP contribution in [-0.2, 0) is 26.6 Å². The largest absolute Gasteiger partial charge is 1.00 e. The molecule has 0 aliphatic rings. The molecule has 0 radical (unpaired) electrons. The summed E-state index contributed by atoms with van der Waals surface area (Å²) in [6.07, 6.45) is -10.4. The van der Waals surface area contributed by atoms with Crippen LogP contribution >= 0.6 is 8.58 Å². The predicted octanol–water partition coefficient (Wildman–Crippen LogP) is 3.23. The van der Waals surface area contributed by atoms with Gasteiger partial charge in [-0.1, -0.05) is 6.07 Å². The zero-order chi connectivity index (χ0) is 30.5. The van der Waals surface area contributed by atoms with Gasteiger partial charge in [-0.25, -0.2) is 0 Å². The summed E-state index contributed by atoms with van der Waals surface area (Å²) in [5.41, 5.74) is -6.22. The van der Waals surface area contributed by atoms with Crippen LogP contribution in [0.25, 0.3) is 0 Å². The van der Waals surface area contributed by atoms with Gasteiger partial charge in [0.05, 0.1) is 36.3 Å². The van der Waals surface area contributed by atoms with Crippen molar-refractivity contribution in [2.45, 2.75) is 33.1 Å². The van der Waals surface area contributed by atoms with Gasteiger partial charge in [0.1, 0.15) is 37.1 Å². The van der Waals surface area contributed by atoms with Crippen LogP contribution in [0.3, 0.4) is 0 Å². The van der Waals surface area contributed by atoms with E-state index >= 15 is 0 Å². The molecule has 0 heterocycles. The van der Waals surface area contributed by atoms with Crippen molar-refractivity contribution in [2.24, 2.45) is 0 Å². The maximum Gasteiger partial charge on any atom is 1.00 e. The first-order valence-corrected chi connectivity index (χ1v) is 13.8. The van der Waals surface area contributed by atoms with Gasteiger partial charge in [0.2, 0.25) is 0 Å². The van der Waals surface area contributed by atoms with E-state index in [2.05, 4.69) is 0 Å². The molecule has 0 aromatic heterocycles. The van der Waals surface area contributed by atoms with E-state index in [0.717, 1.165) is 0 Å². The third-order valence-electron chi connectivity index (χ3n) is 5.26. The first kappa shape index (κ1) is 38.0. The molecule has 15 heteroatoms. The number of halogens is 6. The Hall–Kier alpha value is -2.00. The fraction of sp³-hybridized carbons (Fsp3) is 0.519. The summed E-state index contributed by atoms with van der Waals surface area (Å²) in [6, 6.07) is 4.29. The SMILES string of the molecule is CCOCCOc1cc(OCCOCC)c(PC(=O)c2c(C(F)(F)F)cccc2C(F)(F)F)c(OCCOCC)c1.[H-].[Li+]. The van der Waals surface area contributed by atoms with E-state index in [-0.39, 0.29) is 82.5 Å². The second-order valence-corrected chi connectivity index (χ2v) is 9.31. The number of carbonyl (C=O) groups is 1. The number of ether oxygens (including phenoxy) is 6. The number of carbonyl (C=O) groups excluding carboxylic acids is 1. The second kappa shape index (κ2) is 18.6.